The van der Waals surface area contributed by atoms with Gasteiger partial charge in [0.15, 0.2) is 5.13 Å². The van der Waals surface area contributed by atoms with Crippen molar-refractivity contribution in [2.45, 2.75) is 25.8 Å². The van der Waals surface area contributed by atoms with Gasteiger partial charge >= 0.3 is 5.97 Å². The van der Waals surface area contributed by atoms with Crippen molar-refractivity contribution in [2.24, 2.45) is 0 Å². The van der Waals surface area contributed by atoms with Gasteiger partial charge in [0, 0.05) is 28.3 Å². The Morgan fingerprint density at radius 3 is 2.71 bits per heavy atom. The minimum atomic E-state index is -0.933. The Labute approximate surface area is 106 Å². The van der Waals surface area contributed by atoms with Crippen molar-refractivity contribution in [2.75, 3.05) is 16.8 Å². The van der Waals surface area contributed by atoms with Gasteiger partial charge in [-0.1, -0.05) is 11.3 Å². The van der Waals surface area contributed by atoms with Crippen LogP contribution in [0.5, 0.6) is 0 Å². The lowest BCUT2D eigenvalue weighted by Gasteiger charge is -2.21. The van der Waals surface area contributed by atoms with E-state index >= 15 is 0 Å². The quantitative estimate of drug-likeness (QED) is 0.872. The molecule has 94 valence electrons. The summed E-state index contributed by atoms with van der Waals surface area (Å²) in [5.41, 5.74) is 0.546. The Balaban J connectivity index is 2.01. The second-order valence-corrected chi connectivity index (χ2v) is 6.70. The minimum absolute atomic E-state index is 0.264. The van der Waals surface area contributed by atoms with E-state index < -0.39 is 16.8 Å². The first-order valence-electron chi connectivity index (χ1n) is 5.38. The number of thiazole rings is 1. The molecule has 17 heavy (non-hydrogen) atoms. The zero-order valence-corrected chi connectivity index (χ0v) is 11.1. The number of aromatic nitrogens is 1. The highest BCUT2D eigenvalue weighted by Gasteiger charge is 2.20. The van der Waals surface area contributed by atoms with E-state index in [0.29, 0.717) is 22.3 Å². The smallest absolute Gasteiger partial charge is 0.347 e. The van der Waals surface area contributed by atoms with Gasteiger partial charge < -0.3 is 10.4 Å². The van der Waals surface area contributed by atoms with Gasteiger partial charge in [0.25, 0.3) is 0 Å². The first-order valence-corrected chi connectivity index (χ1v) is 7.69. The van der Waals surface area contributed by atoms with Crippen LogP contribution in [0.4, 0.5) is 5.13 Å². The first kappa shape index (κ1) is 12.5. The minimum Gasteiger partial charge on any atom is -0.477 e. The Kier molecular flexibility index (Phi) is 3.78. The normalized spacial score (nSPS) is 24.5. The van der Waals surface area contributed by atoms with Crippen molar-refractivity contribution in [3.8, 4) is 0 Å². The van der Waals surface area contributed by atoms with Crippen LogP contribution in [-0.2, 0) is 10.8 Å². The van der Waals surface area contributed by atoms with E-state index in [4.69, 9.17) is 5.11 Å². The van der Waals surface area contributed by atoms with E-state index in [1.165, 1.54) is 0 Å². The van der Waals surface area contributed by atoms with Crippen LogP contribution in [0.1, 0.15) is 28.2 Å². The predicted octanol–water partition coefficient (Wildman–Crippen LogP) is 1.47. The molecule has 2 rings (SSSR count). The molecule has 1 aliphatic rings. The number of nitrogens with one attached hydrogen (secondary N) is 1. The number of carboxylic acids is 1. The number of aryl methyl sites for hydroxylation is 1. The predicted molar refractivity (Wildman–Crippen MR) is 68.3 cm³/mol. The highest BCUT2D eigenvalue weighted by molar-refractivity contribution is 7.85. The van der Waals surface area contributed by atoms with Crippen molar-refractivity contribution < 1.29 is 14.1 Å². The van der Waals surface area contributed by atoms with Gasteiger partial charge in [-0.2, -0.15) is 0 Å². The summed E-state index contributed by atoms with van der Waals surface area (Å²) in [6.07, 6.45) is 1.71. The van der Waals surface area contributed by atoms with Crippen LogP contribution in [0.15, 0.2) is 0 Å². The third-order valence-electron chi connectivity index (χ3n) is 2.71. The van der Waals surface area contributed by atoms with Crippen LogP contribution in [-0.4, -0.2) is 37.8 Å². The highest BCUT2D eigenvalue weighted by atomic mass is 32.2. The van der Waals surface area contributed by atoms with Crippen LogP contribution in [0.2, 0.25) is 0 Å². The van der Waals surface area contributed by atoms with Gasteiger partial charge in [-0.15, -0.1) is 0 Å². The Hall–Kier alpha value is -0.950. The SMILES string of the molecule is Cc1nc(NC2CCS(=O)CC2)sc1C(=O)O. The van der Waals surface area contributed by atoms with Crippen LogP contribution in [0.3, 0.4) is 0 Å². The first-order chi connectivity index (χ1) is 8.06. The van der Waals surface area contributed by atoms with Gasteiger partial charge in [0.2, 0.25) is 0 Å². The fraction of sp³-hybridized carbons (Fsp3) is 0.600. The highest BCUT2D eigenvalue weighted by Crippen LogP contribution is 2.24. The van der Waals surface area contributed by atoms with E-state index in [9.17, 15) is 9.00 Å². The molecule has 0 saturated carbocycles. The third-order valence-corrected chi connectivity index (χ3v) is 5.17. The largest absolute Gasteiger partial charge is 0.477 e. The number of hydrogen-bond donors (Lipinski definition) is 2. The summed E-state index contributed by atoms with van der Waals surface area (Å²) in [6.45, 7) is 1.70. The topological polar surface area (TPSA) is 79.3 Å². The average Bonchev–Trinajstić information content (AvgIpc) is 2.63. The Bertz CT molecular complexity index is 448. The van der Waals surface area contributed by atoms with Gasteiger partial charge in [-0.25, -0.2) is 9.78 Å². The van der Waals surface area contributed by atoms with Crippen LogP contribution >= 0.6 is 11.3 Å². The Morgan fingerprint density at radius 2 is 2.18 bits per heavy atom. The van der Waals surface area contributed by atoms with Gasteiger partial charge in [0.05, 0.1) is 5.69 Å². The summed E-state index contributed by atoms with van der Waals surface area (Å²) in [5, 5.41) is 12.8. The molecule has 0 amide bonds. The standard InChI is InChI=1S/C10H14N2O3S2/c1-6-8(9(13)14)16-10(11-6)12-7-2-4-17(15)5-3-7/h7H,2-5H2,1H3,(H,11,12)(H,13,14). The van der Waals surface area contributed by atoms with E-state index in [1.807, 2.05) is 0 Å². The maximum Gasteiger partial charge on any atom is 0.347 e. The zero-order valence-electron chi connectivity index (χ0n) is 9.43. The van der Waals surface area contributed by atoms with E-state index in [-0.39, 0.29) is 10.9 Å². The van der Waals surface area contributed by atoms with Crippen molar-refractivity contribution in [1.29, 1.82) is 0 Å². The van der Waals surface area contributed by atoms with Crippen LogP contribution in [0, 0.1) is 6.92 Å². The van der Waals surface area contributed by atoms with Crippen molar-refractivity contribution >= 4 is 33.2 Å². The van der Waals surface area contributed by atoms with Gasteiger partial charge in [-0.3, -0.25) is 4.21 Å². The van der Waals surface area contributed by atoms with E-state index in [2.05, 4.69) is 10.3 Å². The van der Waals surface area contributed by atoms with Gasteiger partial charge in [-0.05, 0) is 19.8 Å². The molecule has 1 aromatic heterocycles. The monoisotopic (exact) mass is 274 g/mol. The lowest BCUT2D eigenvalue weighted by molar-refractivity contribution is 0.0701. The van der Waals surface area contributed by atoms with Crippen molar-refractivity contribution in [3.05, 3.63) is 10.6 Å². The molecule has 2 N–H and O–H groups in total. The summed E-state index contributed by atoms with van der Waals surface area (Å²) in [5.74, 6) is 0.500. The summed E-state index contributed by atoms with van der Waals surface area (Å²) < 4.78 is 11.2. The molecule has 0 spiro atoms. The molecule has 0 aromatic carbocycles. The maximum atomic E-state index is 11.2. The molecule has 5 nitrogen and oxygen atoms in total. The van der Waals surface area contributed by atoms with Crippen molar-refractivity contribution in [1.82, 2.24) is 4.98 Å². The number of carbonyl (C=O) groups is 1. The molecular weight excluding hydrogens is 260 g/mol. The summed E-state index contributed by atoms with van der Waals surface area (Å²) in [4.78, 5) is 15.4. The summed E-state index contributed by atoms with van der Waals surface area (Å²) in [7, 11) is -0.677. The molecule has 1 fully saturated rings. The zero-order chi connectivity index (χ0) is 12.4. The molecule has 1 saturated heterocycles. The third kappa shape index (κ3) is 3.04. The molecule has 0 bridgehead atoms. The molecule has 1 aliphatic heterocycles. The van der Waals surface area contributed by atoms with Crippen LogP contribution < -0.4 is 5.32 Å². The summed E-state index contributed by atoms with van der Waals surface area (Å²) in [6, 6.07) is 0.264. The number of nitrogens with zero attached hydrogens (tertiary/aromatic N) is 1. The molecule has 1 aromatic rings. The average molecular weight is 274 g/mol. The van der Waals surface area contributed by atoms with Crippen LogP contribution in [0.25, 0.3) is 0 Å². The fourth-order valence-corrected chi connectivity index (χ4v) is 3.95. The number of aromatic carboxylic acids is 1. The number of hydrogen-bond acceptors (Lipinski definition) is 5. The molecular formula is C10H14N2O3S2. The summed E-state index contributed by atoms with van der Waals surface area (Å²) >= 11 is 1.16. The van der Waals surface area contributed by atoms with Gasteiger partial charge in [0.1, 0.15) is 4.88 Å². The molecule has 7 heteroatoms. The lowest BCUT2D eigenvalue weighted by Crippen LogP contribution is -2.29. The van der Waals surface area contributed by atoms with E-state index in [1.54, 1.807) is 6.92 Å². The van der Waals surface area contributed by atoms with Crippen molar-refractivity contribution in [3.63, 3.8) is 0 Å². The maximum absolute atomic E-state index is 11.2. The molecule has 0 aliphatic carbocycles. The molecule has 2 heterocycles. The second-order valence-electron chi connectivity index (χ2n) is 4.01. The molecule has 0 atom stereocenters. The number of anilines is 1. The second kappa shape index (κ2) is 5.14. The number of rotatable bonds is 3. The number of carboxylic acid groups (broad SMARTS) is 1. The fourth-order valence-electron chi connectivity index (χ4n) is 1.77. The molecule has 0 unspecified atom stereocenters. The van der Waals surface area contributed by atoms with E-state index in [0.717, 1.165) is 24.2 Å². The lowest BCUT2D eigenvalue weighted by atomic mass is 10.2. The Morgan fingerprint density at radius 1 is 1.53 bits per heavy atom. The molecule has 0 radical (unpaired) electrons.